The van der Waals surface area contributed by atoms with Crippen LogP contribution >= 0.6 is 0 Å². The van der Waals surface area contributed by atoms with Gasteiger partial charge in [0.15, 0.2) is 6.61 Å². The molecule has 4 aromatic rings. The third-order valence-corrected chi connectivity index (χ3v) is 6.69. The number of carbonyl (C=O) groups is 2. The van der Waals surface area contributed by atoms with E-state index < -0.39 is 16.0 Å². The van der Waals surface area contributed by atoms with Crippen molar-refractivity contribution in [2.24, 2.45) is 5.14 Å². The Labute approximate surface area is 203 Å². The van der Waals surface area contributed by atoms with E-state index in [1.54, 1.807) is 25.1 Å². The van der Waals surface area contributed by atoms with Crippen LogP contribution in [0.2, 0.25) is 0 Å². The van der Waals surface area contributed by atoms with Gasteiger partial charge in [-0.3, -0.25) is 14.6 Å². The summed E-state index contributed by atoms with van der Waals surface area (Å²) in [7, 11) is -3.79. The molecule has 2 heterocycles. The largest absolute Gasteiger partial charge is 0.457 e. The number of pyridine rings is 1. The number of carbonyl (C=O) groups excluding carboxylic acids is 2. The number of hydrogen-bond donors (Lipinski definition) is 1. The van der Waals surface area contributed by atoms with Gasteiger partial charge in [0.05, 0.1) is 16.8 Å². The van der Waals surface area contributed by atoms with E-state index in [1.165, 1.54) is 12.1 Å². The molecule has 2 aromatic carbocycles. The van der Waals surface area contributed by atoms with Gasteiger partial charge in [0.25, 0.3) is 0 Å². The van der Waals surface area contributed by atoms with Crippen molar-refractivity contribution in [2.75, 3.05) is 6.61 Å². The van der Waals surface area contributed by atoms with Gasteiger partial charge in [-0.1, -0.05) is 24.3 Å². The molecule has 0 bridgehead atoms. The molecule has 9 heteroatoms. The Morgan fingerprint density at radius 2 is 1.71 bits per heavy atom. The lowest BCUT2D eigenvalue weighted by Gasteiger charge is -2.10. The standard InChI is InChI=1S/C26H25N3O5S/c1-17-15-23(18(2)29(17)21-10-12-22(13-11-21)35(27,32)33)25(30)16-34-26(31)14-9-20-8-7-19-5-3-4-6-24(19)28-20/h3-8,10-13,15H,9,14,16H2,1-2H3,(H2,27,32,33). The van der Waals surface area contributed by atoms with Crippen LogP contribution in [-0.4, -0.2) is 36.3 Å². The third-order valence-electron chi connectivity index (χ3n) is 5.76. The van der Waals surface area contributed by atoms with Gasteiger partial charge in [0.2, 0.25) is 15.8 Å². The lowest BCUT2D eigenvalue weighted by molar-refractivity contribution is -0.142. The highest BCUT2D eigenvalue weighted by molar-refractivity contribution is 7.89. The second-order valence-electron chi connectivity index (χ2n) is 8.24. The minimum atomic E-state index is -3.79. The number of hydrogen-bond acceptors (Lipinski definition) is 6. The molecule has 0 unspecified atom stereocenters. The van der Waals surface area contributed by atoms with Crippen molar-refractivity contribution in [1.29, 1.82) is 0 Å². The fourth-order valence-corrected chi connectivity index (χ4v) is 4.52. The Bertz CT molecular complexity index is 1520. The molecule has 0 radical (unpaired) electrons. The predicted molar refractivity (Wildman–Crippen MR) is 132 cm³/mol. The maximum Gasteiger partial charge on any atom is 0.306 e. The molecule has 0 aliphatic rings. The number of Topliss-reactive ketones (excluding diaryl/α,β-unsaturated/α-hetero) is 1. The molecule has 0 aliphatic heterocycles. The zero-order valence-electron chi connectivity index (χ0n) is 19.4. The first kappa shape index (κ1) is 24.3. The first-order chi connectivity index (χ1) is 16.6. The number of esters is 1. The number of aromatic nitrogens is 2. The summed E-state index contributed by atoms with van der Waals surface area (Å²) in [4.78, 5) is 29.6. The fourth-order valence-electron chi connectivity index (χ4n) is 4.00. The van der Waals surface area contributed by atoms with Gasteiger partial charge in [-0.05, 0) is 56.3 Å². The lowest BCUT2D eigenvalue weighted by Crippen LogP contribution is -2.15. The van der Waals surface area contributed by atoms with E-state index in [1.807, 2.05) is 47.9 Å². The van der Waals surface area contributed by atoms with Crippen molar-refractivity contribution in [3.8, 4) is 5.69 Å². The molecule has 180 valence electrons. The number of ether oxygens (including phenoxy) is 1. The first-order valence-electron chi connectivity index (χ1n) is 11.0. The first-order valence-corrected chi connectivity index (χ1v) is 12.5. The molecule has 0 atom stereocenters. The van der Waals surface area contributed by atoms with Crippen LogP contribution in [0.15, 0.2) is 71.6 Å². The van der Waals surface area contributed by atoms with Crippen LogP contribution in [0.1, 0.15) is 33.9 Å². The number of aryl methyl sites for hydroxylation is 2. The van der Waals surface area contributed by atoms with E-state index in [4.69, 9.17) is 9.88 Å². The summed E-state index contributed by atoms with van der Waals surface area (Å²) in [5.74, 6) is -0.789. The van der Waals surface area contributed by atoms with Crippen LogP contribution in [0.3, 0.4) is 0 Å². The predicted octanol–water partition coefficient (Wildman–Crippen LogP) is 3.65. The third kappa shape index (κ3) is 5.47. The molecule has 0 saturated heterocycles. The Balaban J connectivity index is 1.38. The van der Waals surface area contributed by atoms with E-state index >= 15 is 0 Å². The van der Waals surface area contributed by atoms with Crippen molar-refractivity contribution in [3.05, 3.63) is 89.4 Å². The lowest BCUT2D eigenvalue weighted by atomic mass is 10.1. The van der Waals surface area contributed by atoms with Gasteiger partial charge in [0.1, 0.15) is 0 Å². The topological polar surface area (TPSA) is 121 Å². The van der Waals surface area contributed by atoms with E-state index in [0.717, 1.165) is 22.3 Å². The SMILES string of the molecule is Cc1cc(C(=O)COC(=O)CCc2ccc3ccccc3n2)c(C)n1-c1ccc(S(N)(=O)=O)cc1. The number of primary sulfonamides is 1. The molecule has 8 nitrogen and oxygen atoms in total. The van der Waals surface area contributed by atoms with Crippen LogP contribution < -0.4 is 5.14 Å². The van der Waals surface area contributed by atoms with Gasteiger partial charge in [-0.15, -0.1) is 0 Å². The van der Waals surface area contributed by atoms with Gasteiger partial charge in [0, 0.05) is 40.1 Å². The zero-order valence-corrected chi connectivity index (χ0v) is 20.2. The van der Waals surface area contributed by atoms with Crippen LogP contribution in [0.4, 0.5) is 0 Å². The van der Waals surface area contributed by atoms with Crippen molar-refractivity contribution < 1.29 is 22.7 Å². The molecule has 2 aromatic heterocycles. The molecule has 0 saturated carbocycles. The summed E-state index contributed by atoms with van der Waals surface area (Å²) in [6.07, 6.45) is 0.537. The van der Waals surface area contributed by atoms with Crippen molar-refractivity contribution >= 4 is 32.7 Å². The van der Waals surface area contributed by atoms with E-state index in [0.29, 0.717) is 23.4 Å². The summed E-state index contributed by atoms with van der Waals surface area (Å²) in [5.41, 5.74) is 4.20. The molecule has 0 fully saturated rings. The average Bonchev–Trinajstić information content (AvgIpc) is 3.14. The molecular formula is C26H25N3O5S. The molecule has 0 spiro atoms. The highest BCUT2D eigenvalue weighted by Gasteiger charge is 2.19. The van der Waals surface area contributed by atoms with Gasteiger partial charge < -0.3 is 9.30 Å². The zero-order chi connectivity index (χ0) is 25.2. The van der Waals surface area contributed by atoms with Crippen LogP contribution in [0.5, 0.6) is 0 Å². The average molecular weight is 492 g/mol. The Hall–Kier alpha value is -3.82. The second-order valence-corrected chi connectivity index (χ2v) is 9.80. The molecule has 35 heavy (non-hydrogen) atoms. The molecular weight excluding hydrogens is 466 g/mol. The number of benzene rings is 2. The summed E-state index contributed by atoms with van der Waals surface area (Å²) in [6, 6.07) is 19.4. The maximum absolute atomic E-state index is 12.8. The Kier molecular flexibility index (Phi) is 6.81. The smallest absolute Gasteiger partial charge is 0.306 e. The summed E-state index contributed by atoms with van der Waals surface area (Å²) in [6.45, 7) is 3.25. The van der Waals surface area contributed by atoms with Crippen LogP contribution in [0, 0.1) is 13.8 Å². The molecule has 0 aliphatic carbocycles. The Morgan fingerprint density at radius 3 is 2.43 bits per heavy atom. The van der Waals surface area contributed by atoms with Gasteiger partial charge in [-0.25, -0.2) is 13.6 Å². The number of rotatable bonds is 8. The van der Waals surface area contributed by atoms with Crippen LogP contribution in [0.25, 0.3) is 16.6 Å². The van der Waals surface area contributed by atoms with Crippen LogP contribution in [-0.2, 0) is 26.0 Å². The molecule has 4 rings (SSSR count). The van der Waals surface area contributed by atoms with E-state index in [2.05, 4.69) is 4.98 Å². The second kappa shape index (κ2) is 9.81. The maximum atomic E-state index is 12.8. The number of nitrogens with two attached hydrogens (primary N) is 1. The quantitative estimate of drug-likeness (QED) is 0.297. The number of sulfonamides is 1. The number of ketones is 1. The summed E-state index contributed by atoms with van der Waals surface area (Å²) < 4.78 is 30.0. The monoisotopic (exact) mass is 491 g/mol. The molecule has 2 N–H and O–H groups in total. The minimum absolute atomic E-state index is 0.00538. The number of fused-ring (bicyclic) bond motifs is 1. The summed E-state index contributed by atoms with van der Waals surface area (Å²) >= 11 is 0. The van der Waals surface area contributed by atoms with Crippen molar-refractivity contribution in [3.63, 3.8) is 0 Å². The van der Waals surface area contributed by atoms with Gasteiger partial charge >= 0.3 is 5.97 Å². The summed E-state index contributed by atoms with van der Waals surface area (Å²) in [5, 5.41) is 6.19. The van der Waals surface area contributed by atoms with Gasteiger partial charge in [-0.2, -0.15) is 0 Å². The van der Waals surface area contributed by atoms with Crippen molar-refractivity contribution in [2.45, 2.75) is 31.6 Å². The minimum Gasteiger partial charge on any atom is -0.457 e. The molecule has 0 amide bonds. The van der Waals surface area contributed by atoms with Crippen molar-refractivity contribution in [1.82, 2.24) is 9.55 Å². The van der Waals surface area contributed by atoms with E-state index in [-0.39, 0.29) is 23.7 Å². The highest BCUT2D eigenvalue weighted by atomic mass is 32.2. The van der Waals surface area contributed by atoms with E-state index in [9.17, 15) is 18.0 Å². The number of para-hydroxylation sites is 1. The number of nitrogens with zero attached hydrogens (tertiary/aromatic N) is 2. The Morgan fingerprint density at radius 1 is 1.00 bits per heavy atom. The normalized spacial score (nSPS) is 11.5. The fraction of sp³-hybridized carbons (Fsp3) is 0.192. The highest BCUT2D eigenvalue weighted by Crippen LogP contribution is 2.22.